The minimum Gasteiger partial charge on any atom is -0.298 e. The summed E-state index contributed by atoms with van der Waals surface area (Å²) in [5.41, 5.74) is -0.0973. The molecule has 3 nitrogen and oxygen atoms in total. The maximum Gasteiger partial charge on any atom is 0.269 e. The molecule has 0 aliphatic rings. The summed E-state index contributed by atoms with van der Waals surface area (Å²) in [5.74, 6) is 0.530. The SMILES string of the molecule is CCCCC(CC)Cn1cnc(Cl)c(Br)c1=O. The Kier molecular flexibility index (Phi) is 6.20. The maximum atomic E-state index is 11.9. The zero-order valence-electron chi connectivity index (χ0n) is 10.2. The number of hydrogen-bond acceptors (Lipinski definition) is 2. The van der Waals surface area contributed by atoms with E-state index in [2.05, 4.69) is 34.8 Å². The second kappa shape index (κ2) is 7.17. The van der Waals surface area contributed by atoms with Gasteiger partial charge in [0.25, 0.3) is 5.56 Å². The van der Waals surface area contributed by atoms with Gasteiger partial charge in [-0.3, -0.25) is 9.36 Å². The van der Waals surface area contributed by atoms with Crippen LogP contribution in [-0.4, -0.2) is 9.55 Å². The van der Waals surface area contributed by atoms with E-state index in [0.717, 1.165) is 19.4 Å². The predicted molar refractivity (Wildman–Crippen MR) is 74.5 cm³/mol. The summed E-state index contributed by atoms with van der Waals surface area (Å²) in [6.45, 7) is 5.06. The molecule has 0 aliphatic carbocycles. The van der Waals surface area contributed by atoms with Crippen LogP contribution in [0.1, 0.15) is 39.5 Å². The first kappa shape index (κ1) is 14.7. The first-order valence-electron chi connectivity index (χ1n) is 6.00. The van der Waals surface area contributed by atoms with Crippen LogP contribution in [-0.2, 0) is 6.54 Å². The number of rotatable bonds is 6. The molecule has 1 aromatic heterocycles. The Morgan fingerprint density at radius 2 is 2.24 bits per heavy atom. The summed E-state index contributed by atoms with van der Waals surface area (Å²) < 4.78 is 1.99. The van der Waals surface area contributed by atoms with Gasteiger partial charge in [-0.25, -0.2) is 4.98 Å². The van der Waals surface area contributed by atoms with Gasteiger partial charge in [0.1, 0.15) is 4.47 Å². The van der Waals surface area contributed by atoms with Gasteiger partial charge in [0.2, 0.25) is 0 Å². The van der Waals surface area contributed by atoms with E-state index in [1.807, 2.05) is 0 Å². The molecule has 5 heteroatoms. The molecule has 0 aromatic carbocycles. The lowest BCUT2D eigenvalue weighted by Gasteiger charge is -2.15. The molecule has 1 heterocycles. The van der Waals surface area contributed by atoms with Gasteiger partial charge >= 0.3 is 0 Å². The lowest BCUT2D eigenvalue weighted by atomic mass is 9.99. The van der Waals surface area contributed by atoms with Crippen LogP contribution in [0.15, 0.2) is 15.6 Å². The topological polar surface area (TPSA) is 34.9 Å². The van der Waals surface area contributed by atoms with Gasteiger partial charge in [-0.1, -0.05) is 44.7 Å². The van der Waals surface area contributed by atoms with Crippen molar-refractivity contribution in [1.82, 2.24) is 9.55 Å². The fraction of sp³-hybridized carbons (Fsp3) is 0.667. The number of unbranched alkanes of at least 4 members (excludes halogenated alkanes) is 1. The van der Waals surface area contributed by atoms with E-state index in [9.17, 15) is 4.79 Å². The fourth-order valence-electron chi connectivity index (χ4n) is 1.77. The molecule has 0 saturated heterocycles. The molecule has 1 unspecified atom stereocenters. The molecule has 1 aromatic rings. The van der Waals surface area contributed by atoms with Gasteiger partial charge in [-0.05, 0) is 28.3 Å². The monoisotopic (exact) mass is 320 g/mol. The van der Waals surface area contributed by atoms with Crippen molar-refractivity contribution in [1.29, 1.82) is 0 Å². The Hall–Kier alpha value is -0.350. The largest absolute Gasteiger partial charge is 0.298 e. The second-order valence-corrected chi connectivity index (χ2v) is 5.37. The molecule has 0 amide bonds. The molecular weight excluding hydrogens is 304 g/mol. The molecule has 0 N–H and O–H groups in total. The summed E-state index contributed by atoms with van der Waals surface area (Å²) in [6, 6.07) is 0. The highest BCUT2D eigenvalue weighted by Crippen LogP contribution is 2.17. The molecule has 17 heavy (non-hydrogen) atoms. The minimum absolute atomic E-state index is 0.0973. The molecule has 0 bridgehead atoms. The Morgan fingerprint density at radius 3 is 2.82 bits per heavy atom. The Bertz CT molecular complexity index is 419. The molecule has 0 saturated carbocycles. The number of hydrogen-bond donors (Lipinski definition) is 0. The molecular formula is C12H18BrClN2O. The van der Waals surface area contributed by atoms with Gasteiger partial charge in [0.15, 0.2) is 5.15 Å². The van der Waals surface area contributed by atoms with Crippen LogP contribution in [0.2, 0.25) is 5.15 Å². The normalized spacial score (nSPS) is 12.7. The van der Waals surface area contributed by atoms with Gasteiger partial charge in [-0.15, -0.1) is 0 Å². The maximum absolute atomic E-state index is 11.9. The number of aromatic nitrogens is 2. The van der Waals surface area contributed by atoms with Crippen molar-refractivity contribution >= 4 is 27.5 Å². The van der Waals surface area contributed by atoms with Crippen LogP contribution in [0.25, 0.3) is 0 Å². The van der Waals surface area contributed by atoms with Crippen molar-refractivity contribution in [2.75, 3.05) is 0 Å². The van der Waals surface area contributed by atoms with E-state index in [-0.39, 0.29) is 10.7 Å². The third kappa shape index (κ3) is 4.11. The quantitative estimate of drug-likeness (QED) is 0.745. The summed E-state index contributed by atoms with van der Waals surface area (Å²) in [7, 11) is 0. The summed E-state index contributed by atoms with van der Waals surface area (Å²) in [6.07, 6.45) is 6.15. The van der Waals surface area contributed by atoms with Crippen LogP contribution in [0.3, 0.4) is 0 Å². The Balaban J connectivity index is 2.80. The highest BCUT2D eigenvalue weighted by molar-refractivity contribution is 9.10. The lowest BCUT2D eigenvalue weighted by molar-refractivity contribution is 0.382. The van der Waals surface area contributed by atoms with Crippen LogP contribution >= 0.6 is 27.5 Å². The molecule has 0 radical (unpaired) electrons. The van der Waals surface area contributed by atoms with Crippen molar-refractivity contribution in [3.63, 3.8) is 0 Å². The highest BCUT2D eigenvalue weighted by Gasteiger charge is 2.11. The summed E-state index contributed by atoms with van der Waals surface area (Å²) >= 11 is 8.94. The fourth-order valence-corrected chi connectivity index (χ4v) is 2.22. The molecule has 0 aliphatic heterocycles. The lowest BCUT2D eigenvalue weighted by Crippen LogP contribution is -2.25. The van der Waals surface area contributed by atoms with Crippen molar-refractivity contribution in [2.24, 2.45) is 5.92 Å². The molecule has 1 atom stereocenters. The molecule has 96 valence electrons. The van der Waals surface area contributed by atoms with Crippen LogP contribution in [0, 0.1) is 5.92 Å². The van der Waals surface area contributed by atoms with Gasteiger partial charge in [-0.2, -0.15) is 0 Å². The average molecular weight is 322 g/mol. The minimum atomic E-state index is -0.0973. The number of nitrogens with zero attached hydrogens (tertiary/aromatic N) is 2. The molecule has 0 spiro atoms. The highest BCUT2D eigenvalue weighted by atomic mass is 79.9. The predicted octanol–water partition coefficient (Wildman–Crippen LogP) is 3.88. The van der Waals surface area contributed by atoms with E-state index in [1.165, 1.54) is 19.2 Å². The van der Waals surface area contributed by atoms with Crippen molar-refractivity contribution < 1.29 is 0 Å². The van der Waals surface area contributed by atoms with E-state index < -0.39 is 0 Å². The Morgan fingerprint density at radius 1 is 1.53 bits per heavy atom. The van der Waals surface area contributed by atoms with Crippen molar-refractivity contribution in [2.45, 2.75) is 46.1 Å². The van der Waals surface area contributed by atoms with Gasteiger partial charge in [0, 0.05) is 6.54 Å². The standard InChI is InChI=1S/C12H18BrClN2O/c1-3-5-6-9(4-2)7-16-8-15-11(14)10(13)12(16)17/h8-9H,3-7H2,1-2H3. The van der Waals surface area contributed by atoms with Crippen molar-refractivity contribution in [3.05, 3.63) is 26.3 Å². The summed E-state index contributed by atoms with van der Waals surface area (Å²) in [5, 5.41) is 0.229. The third-order valence-corrected chi connectivity index (χ3v) is 4.17. The van der Waals surface area contributed by atoms with E-state index >= 15 is 0 Å². The smallest absolute Gasteiger partial charge is 0.269 e. The van der Waals surface area contributed by atoms with E-state index in [1.54, 1.807) is 4.57 Å². The second-order valence-electron chi connectivity index (χ2n) is 4.22. The van der Waals surface area contributed by atoms with E-state index in [0.29, 0.717) is 10.4 Å². The number of halogens is 2. The zero-order chi connectivity index (χ0) is 12.8. The van der Waals surface area contributed by atoms with Crippen molar-refractivity contribution in [3.8, 4) is 0 Å². The van der Waals surface area contributed by atoms with Crippen LogP contribution < -0.4 is 5.56 Å². The Labute approximate surface area is 115 Å². The van der Waals surface area contributed by atoms with Crippen LogP contribution in [0.5, 0.6) is 0 Å². The van der Waals surface area contributed by atoms with Gasteiger partial charge in [0.05, 0.1) is 6.33 Å². The molecule has 0 fully saturated rings. The first-order chi connectivity index (χ1) is 8.10. The van der Waals surface area contributed by atoms with Crippen LogP contribution in [0.4, 0.5) is 0 Å². The van der Waals surface area contributed by atoms with E-state index in [4.69, 9.17) is 11.6 Å². The first-order valence-corrected chi connectivity index (χ1v) is 7.17. The molecule has 1 rings (SSSR count). The van der Waals surface area contributed by atoms with Gasteiger partial charge < -0.3 is 0 Å². The zero-order valence-corrected chi connectivity index (χ0v) is 12.6. The summed E-state index contributed by atoms with van der Waals surface area (Å²) in [4.78, 5) is 15.9. The third-order valence-electron chi connectivity index (χ3n) is 2.94. The average Bonchev–Trinajstić information content (AvgIpc) is 2.34.